The molecule has 1 aromatic carbocycles. The Morgan fingerprint density at radius 3 is 2.52 bits per heavy atom. The second-order valence-electron chi connectivity index (χ2n) is 6.53. The molecule has 1 aromatic heterocycles. The second-order valence-corrected chi connectivity index (χ2v) is 6.53. The summed E-state index contributed by atoms with van der Waals surface area (Å²) in [6.45, 7) is 5.97. The molecule has 0 bridgehead atoms. The van der Waals surface area contributed by atoms with E-state index < -0.39 is 6.03 Å². The molecule has 0 spiro atoms. The first-order valence-electron chi connectivity index (χ1n) is 8.62. The quantitative estimate of drug-likeness (QED) is 0.836. The molecule has 0 saturated carbocycles. The van der Waals surface area contributed by atoms with Crippen LogP contribution in [-0.2, 0) is 6.54 Å². The number of anilines is 1. The fourth-order valence-corrected chi connectivity index (χ4v) is 2.74. The Balaban J connectivity index is 2.00. The lowest BCUT2D eigenvalue weighted by Crippen LogP contribution is -2.35. The van der Waals surface area contributed by atoms with Gasteiger partial charge in [0, 0.05) is 49.8 Å². The van der Waals surface area contributed by atoms with Crippen LogP contribution in [0.5, 0.6) is 0 Å². The van der Waals surface area contributed by atoms with Crippen molar-refractivity contribution in [2.45, 2.75) is 27.3 Å². The zero-order valence-corrected chi connectivity index (χ0v) is 16.3. The predicted octanol–water partition coefficient (Wildman–Crippen LogP) is 1.69. The van der Waals surface area contributed by atoms with Crippen molar-refractivity contribution >= 4 is 17.6 Å². The Labute approximate surface area is 158 Å². The standard InChI is InChI=1S/C19H25N5O3/c1-12-11-13(2)24(19(27)21-12)10-9-20-18(26)22-16-8-6-7-15(14(16)3)17(25)23(4)5/h6-8,11H,9-10H2,1-5H3,(H2,20,22,26). The molecular formula is C19H25N5O3. The average molecular weight is 371 g/mol. The highest BCUT2D eigenvalue weighted by Gasteiger charge is 2.14. The molecule has 0 unspecified atom stereocenters. The molecule has 8 heteroatoms. The molecule has 0 radical (unpaired) electrons. The van der Waals surface area contributed by atoms with Gasteiger partial charge >= 0.3 is 11.7 Å². The first-order chi connectivity index (χ1) is 12.7. The van der Waals surface area contributed by atoms with E-state index >= 15 is 0 Å². The van der Waals surface area contributed by atoms with Crippen LogP contribution in [0.2, 0.25) is 0 Å². The van der Waals surface area contributed by atoms with Gasteiger partial charge in [0.2, 0.25) is 0 Å². The number of carbonyl (C=O) groups excluding carboxylic acids is 2. The third-order valence-electron chi connectivity index (χ3n) is 4.19. The van der Waals surface area contributed by atoms with Gasteiger partial charge in [0.1, 0.15) is 0 Å². The lowest BCUT2D eigenvalue weighted by atomic mass is 10.1. The molecule has 0 saturated heterocycles. The molecule has 0 aliphatic heterocycles. The van der Waals surface area contributed by atoms with E-state index in [-0.39, 0.29) is 18.1 Å². The minimum atomic E-state index is -0.404. The summed E-state index contributed by atoms with van der Waals surface area (Å²) >= 11 is 0. The normalized spacial score (nSPS) is 10.4. The van der Waals surface area contributed by atoms with Crippen molar-refractivity contribution in [3.05, 3.63) is 57.3 Å². The summed E-state index contributed by atoms with van der Waals surface area (Å²) in [6.07, 6.45) is 0. The van der Waals surface area contributed by atoms with E-state index in [1.807, 2.05) is 13.0 Å². The number of nitrogens with one attached hydrogen (secondary N) is 2. The van der Waals surface area contributed by atoms with Crippen molar-refractivity contribution in [3.63, 3.8) is 0 Å². The Hall–Kier alpha value is -3.16. The van der Waals surface area contributed by atoms with Crippen molar-refractivity contribution in [2.75, 3.05) is 26.0 Å². The fourth-order valence-electron chi connectivity index (χ4n) is 2.74. The van der Waals surface area contributed by atoms with Crippen molar-refractivity contribution < 1.29 is 9.59 Å². The van der Waals surface area contributed by atoms with Gasteiger partial charge in [-0.1, -0.05) is 6.07 Å². The van der Waals surface area contributed by atoms with E-state index in [0.29, 0.717) is 29.1 Å². The van der Waals surface area contributed by atoms with Gasteiger partial charge in [-0.3, -0.25) is 9.36 Å². The highest BCUT2D eigenvalue weighted by atomic mass is 16.2. The van der Waals surface area contributed by atoms with E-state index in [4.69, 9.17) is 0 Å². The minimum absolute atomic E-state index is 0.127. The zero-order valence-electron chi connectivity index (χ0n) is 16.3. The first kappa shape index (κ1) is 20.2. The highest BCUT2D eigenvalue weighted by molar-refractivity contribution is 5.98. The fraction of sp³-hybridized carbons (Fsp3) is 0.368. The van der Waals surface area contributed by atoms with Crippen LogP contribution < -0.4 is 16.3 Å². The maximum Gasteiger partial charge on any atom is 0.348 e. The summed E-state index contributed by atoms with van der Waals surface area (Å²) in [5, 5.41) is 5.46. The second kappa shape index (κ2) is 8.48. The summed E-state index contributed by atoms with van der Waals surface area (Å²) < 4.78 is 1.51. The third kappa shape index (κ3) is 4.93. The summed E-state index contributed by atoms with van der Waals surface area (Å²) in [6, 6.07) is 6.59. The van der Waals surface area contributed by atoms with Crippen LogP contribution in [0, 0.1) is 20.8 Å². The van der Waals surface area contributed by atoms with Gasteiger partial charge in [-0.05, 0) is 44.5 Å². The van der Waals surface area contributed by atoms with E-state index in [2.05, 4.69) is 15.6 Å². The van der Waals surface area contributed by atoms with Crippen molar-refractivity contribution in [1.82, 2.24) is 19.8 Å². The van der Waals surface area contributed by atoms with Crippen LogP contribution in [0.3, 0.4) is 0 Å². The number of amides is 3. The molecule has 0 atom stereocenters. The molecule has 144 valence electrons. The third-order valence-corrected chi connectivity index (χ3v) is 4.19. The van der Waals surface area contributed by atoms with E-state index in [0.717, 1.165) is 5.69 Å². The summed E-state index contributed by atoms with van der Waals surface area (Å²) in [5.41, 5.74) is 2.92. The van der Waals surface area contributed by atoms with Crippen LogP contribution in [0.25, 0.3) is 0 Å². The number of nitrogens with zero attached hydrogens (tertiary/aromatic N) is 3. The molecule has 2 N–H and O–H groups in total. The lowest BCUT2D eigenvalue weighted by molar-refractivity contribution is 0.0827. The van der Waals surface area contributed by atoms with Crippen LogP contribution in [-0.4, -0.2) is 47.0 Å². The van der Waals surface area contributed by atoms with Crippen LogP contribution in [0.4, 0.5) is 10.5 Å². The Morgan fingerprint density at radius 2 is 1.89 bits per heavy atom. The summed E-state index contributed by atoms with van der Waals surface area (Å²) in [4.78, 5) is 41.7. The SMILES string of the molecule is Cc1cc(C)n(CCNC(=O)Nc2cccc(C(=O)N(C)C)c2C)c(=O)n1. The Kier molecular flexibility index (Phi) is 6.33. The smallest absolute Gasteiger partial charge is 0.345 e. The summed E-state index contributed by atoms with van der Waals surface area (Å²) in [5.74, 6) is -0.127. The van der Waals surface area contributed by atoms with Gasteiger partial charge in [-0.15, -0.1) is 0 Å². The predicted molar refractivity (Wildman–Crippen MR) is 104 cm³/mol. The van der Waals surface area contributed by atoms with Crippen molar-refractivity contribution in [3.8, 4) is 0 Å². The highest BCUT2D eigenvalue weighted by Crippen LogP contribution is 2.19. The molecule has 27 heavy (non-hydrogen) atoms. The number of aryl methyl sites for hydroxylation is 2. The average Bonchev–Trinajstić information content (AvgIpc) is 2.58. The van der Waals surface area contributed by atoms with E-state index in [9.17, 15) is 14.4 Å². The van der Waals surface area contributed by atoms with E-state index in [1.165, 1.54) is 9.47 Å². The zero-order chi connectivity index (χ0) is 20.1. The molecule has 2 rings (SSSR count). The molecule has 3 amide bonds. The molecule has 1 heterocycles. The number of benzene rings is 1. The molecule has 8 nitrogen and oxygen atoms in total. The molecule has 0 fully saturated rings. The number of hydrogen-bond acceptors (Lipinski definition) is 4. The van der Waals surface area contributed by atoms with Gasteiger partial charge in [0.15, 0.2) is 0 Å². The van der Waals surface area contributed by atoms with Gasteiger partial charge in [-0.25, -0.2) is 9.59 Å². The van der Waals surface area contributed by atoms with E-state index in [1.54, 1.807) is 46.1 Å². The Morgan fingerprint density at radius 1 is 1.19 bits per heavy atom. The monoisotopic (exact) mass is 371 g/mol. The van der Waals surface area contributed by atoms with Gasteiger partial charge in [0.25, 0.3) is 5.91 Å². The molecule has 0 aliphatic carbocycles. The number of hydrogen-bond donors (Lipinski definition) is 2. The maximum atomic E-state index is 12.2. The molecule has 0 aliphatic rings. The van der Waals surface area contributed by atoms with Gasteiger partial charge in [0.05, 0.1) is 0 Å². The number of urea groups is 1. The van der Waals surface area contributed by atoms with Crippen LogP contribution >= 0.6 is 0 Å². The van der Waals surface area contributed by atoms with Gasteiger partial charge < -0.3 is 15.5 Å². The number of carbonyl (C=O) groups is 2. The lowest BCUT2D eigenvalue weighted by Gasteiger charge is -2.16. The Bertz CT molecular complexity index is 918. The minimum Gasteiger partial charge on any atom is -0.345 e. The molecule has 2 aromatic rings. The van der Waals surface area contributed by atoms with Gasteiger partial charge in [-0.2, -0.15) is 4.98 Å². The van der Waals surface area contributed by atoms with Crippen molar-refractivity contribution in [1.29, 1.82) is 0 Å². The molecular weight excluding hydrogens is 346 g/mol. The van der Waals surface area contributed by atoms with Crippen molar-refractivity contribution in [2.24, 2.45) is 0 Å². The summed E-state index contributed by atoms with van der Waals surface area (Å²) in [7, 11) is 3.36. The number of aromatic nitrogens is 2. The largest absolute Gasteiger partial charge is 0.348 e. The topological polar surface area (TPSA) is 96.3 Å². The van der Waals surface area contributed by atoms with Crippen LogP contribution in [0.1, 0.15) is 27.3 Å². The maximum absolute atomic E-state index is 12.2. The first-order valence-corrected chi connectivity index (χ1v) is 8.62. The number of rotatable bonds is 5. The van der Waals surface area contributed by atoms with Crippen LogP contribution in [0.15, 0.2) is 29.1 Å².